The third kappa shape index (κ3) is 5.39. The van der Waals surface area contributed by atoms with Crippen molar-refractivity contribution in [2.75, 3.05) is 11.9 Å². The summed E-state index contributed by atoms with van der Waals surface area (Å²) in [6.45, 7) is 9.87. The molecule has 0 aliphatic carbocycles. The molecular weight excluding hydrogens is 334 g/mol. The Kier molecular flexibility index (Phi) is 5.95. The highest BCUT2D eigenvalue weighted by Gasteiger charge is 2.20. The number of nitrogens with zero attached hydrogens (tertiary/aromatic N) is 1. The minimum Gasteiger partial charge on any atom is -0.355 e. The highest BCUT2D eigenvalue weighted by atomic mass is 32.1. The van der Waals surface area contributed by atoms with E-state index in [1.54, 1.807) is 0 Å². The quantitative estimate of drug-likeness (QED) is 0.850. The van der Waals surface area contributed by atoms with Gasteiger partial charge in [-0.2, -0.15) is 0 Å². The molecule has 2 amide bonds. The maximum absolute atomic E-state index is 12.0. The Morgan fingerprint density at radius 1 is 1.12 bits per heavy atom. The van der Waals surface area contributed by atoms with Crippen LogP contribution in [0.1, 0.15) is 37.6 Å². The van der Waals surface area contributed by atoms with Crippen LogP contribution in [0.25, 0.3) is 11.3 Å². The molecule has 0 saturated carbocycles. The molecule has 134 valence electrons. The number of aryl methyl sites for hydroxylation is 2. The molecule has 0 aliphatic heterocycles. The minimum atomic E-state index is -0.453. The Morgan fingerprint density at radius 3 is 2.36 bits per heavy atom. The van der Waals surface area contributed by atoms with E-state index in [1.165, 1.54) is 16.9 Å². The summed E-state index contributed by atoms with van der Waals surface area (Å²) in [4.78, 5) is 29.4. The van der Waals surface area contributed by atoms with Crippen molar-refractivity contribution in [2.45, 2.75) is 41.0 Å². The summed E-state index contributed by atoms with van der Waals surface area (Å²) >= 11 is 1.46. The number of hydrogen-bond acceptors (Lipinski definition) is 4. The van der Waals surface area contributed by atoms with E-state index in [9.17, 15) is 9.59 Å². The molecule has 2 N–H and O–H groups in total. The van der Waals surface area contributed by atoms with Crippen LogP contribution in [-0.2, 0) is 9.59 Å². The lowest BCUT2D eigenvalue weighted by Crippen LogP contribution is -2.36. The van der Waals surface area contributed by atoms with E-state index in [0.29, 0.717) is 11.7 Å². The Labute approximate surface area is 152 Å². The Bertz CT molecular complexity index is 758. The van der Waals surface area contributed by atoms with Crippen molar-refractivity contribution in [3.8, 4) is 11.3 Å². The summed E-state index contributed by atoms with van der Waals surface area (Å²) in [7, 11) is 0. The van der Waals surface area contributed by atoms with Crippen LogP contribution in [0.15, 0.2) is 24.3 Å². The number of benzene rings is 1. The van der Waals surface area contributed by atoms with Crippen LogP contribution in [0, 0.1) is 19.3 Å². The second kappa shape index (κ2) is 7.78. The first-order valence-electron chi connectivity index (χ1n) is 8.29. The number of amides is 2. The number of nitrogens with one attached hydrogen (secondary N) is 2. The number of aromatic nitrogens is 1. The molecule has 0 aliphatic rings. The molecule has 2 aromatic rings. The SMILES string of the molecule is Cc1ccc(-c2nc(NC(=O)CCNC(=O)C(C)(C)C)sc2C)cc1. The van der Waals surface area contributed by atoms with Gasteiger partial charge < -0.3 is 10.6 Å². The molecular formula is C19H25N3O2S. The normalized spacial score (nSPS) is 11.2. The molecule has 0 radical (unpaired) electrons. The van der Waals surface area contributed by atoms with Gasteiger partial charge in [-0.25, -0.2) is 4.98 Å². The van der Waals surface area contributed by atoms with Gasteiger partial charge in [0, 0.05) is 28.8 Å². The van der Waals surface area contributed by atoms with Crippen LogP contribution in [0.3, 0.4) is 0 Å². The van der Waals surface area contributed by atoms with Crippen LogP contribution in [0.2, 0.25) is 0 Å². The second-order valence-electron chi connectivity index (χ2n) is 7.09. The van der Waals surface area contributed by atoms with Gasteiger partial charge in [-0.1, -0.05) is 50.6 Å². The molecule has 25 heavy (non-hydrogen) atoms. The monoisotopic (exact) mass is 359 g/mol. The van der Waals surface area contributed by atoms with Gasteiger partial charge in [0.25, 0.3) is 0 Å². The molecule has 0 spiro atoms. The standard InChI is InChI=1S/C19H25N3O2S/c1-12-6-8-14(9-7-12)16-13(2)25-18(22-16)21-15(23)10-11-20-17(24)19(3,4)5/h6-9H,10-11H2,1-5H3,(H,20,24)(H,21,22,23). The average molecular weight is 359 g/mol. The van der Waals surface area contributed by atoms with Crippen LogP contribution in [0.5, 0.6) is 0 Å². The summed E-state index contributed by atoms with van der Waals surface area (Å²) in [6, 6.07) is 8.16. The topological polar surface area (TPSA) is 71.1 Å². The molecule has 1 heterocycles. The summed E-state index contributed by atoms with van der Waals surface area (Å²) in [6.07, 6.45) is 0.223. The van der Waals surface area contributed by atoms with E-state index in [-0.39, 0.29) is 18.2 Å². The number of thiazole rings is 1. The maximum atomic E-state index is 12.0. The van der Waals surface area contributed by atoms with Crippen LogP contribution < -0.4 is 10.6 Å². The number of anilines is 1. The van der Waals surface area contributed by atoms with Crippen LogP contribution in [-0.4, -0.2) is 23.3 Å². The van der Waals surface area contributed by atoms with Gasteiger partial charge in [0.1, 0.15) is 0 Å². The summed E-state index contributed by atoms with van der Waals surface area (Å²) in [5.74, 6) is -0.217. The lowest BCUT2D eigenvalue weighted by atomic mass is 9.96. The summed E-state index contributed by atoms with van der Waals surface area (Å²) in [5, 5.41) is 6.17. The fraction of sp³-hybridized carbons (Fsp3) is 0.421. The van der Waals surface area contributed by atoms with Gasteiger partial charge in [-0.05, 0) is 13.8 Å². The summed E-state index contributed by atoms with van der Waals surface area (Å²) in [5.41, 5.74) is 2.67. The van der Waals surface area contributed by atoms with Crippen LogP contribution >= 0.6 is 11.3 Å². The molecule has 5 nitrogen and oxygen atoms in total. The third-order valence-corrected chi connectivity index (χ3v) is 4.57. The maximum Gasteiger partial charge on any atom is 0.227 e. The van der Waals surface area contributed by atoms with E-state index < -0.39 is 5.41 Å². The lowest BCUT2D eigenvalue weighted by molar-refractivity contribution is -0.128. The summed E-state index contributed by atoms with van der Waals surface area (Å²) < 4.78 is 0. The van der Waals surface area contributed by atoms with Gasteiger partial charge in [-0.15, -0.1) is 11.3 Å². The van der Waals surface area contributed by atoms with Gasteiger partial charge in [0.2, 0.25) is 11.8 Å². The Hall–Kier alpha value is -2.21. The fourth-order valence-electron chi connectivity index (χ4n) is 2.17. The van der Waals surface area contributed by atoms with Crippen molar-refractivity contribution in [3.63, 3.8) is 0 Å². The zero-order valence-electron chi connectivity index (χ0n) is 15.4. The Balaban J connectivity index is 1.93. The number of rotatable bonds is 5. The molecule has 1 aromatic carbocycles. The smallest absolute Gasteiger partial charge is 0.227 e. The van der Waals surface area contributed by atoms with E-state index in [4.69, 9.17) is 0 Å². The molecule has 2 rings (SSSR count). The largest absolute Gasteiger partial charge is 0.355 e. The molecule has 0 bridgehead atoms. The van der Waals surface area contributed by atoms with E-state index >= 15 is 0 Å². The van der Waals surface area contributed by atoms with E-state index in [1.807, 2.05) is 58.9 Å². The van der Waals surface area contributed by atoms with Crippen LogP contribution in [0.4, 0.5) is 5.13 Å². The number of carbonyl (C=O) groups is 2. The van der Waals surface area contributed by atoms with E-state index in [0.717, 1.165) is 16.1 Å². The highest BCUT2D eigenvalue weighted by Crippen LogP contribution is 2.30. The average Bonchev–Trinajstić information content (AvgIpc) is 2.87. The first kappa shape index (κ1) is 19.1. The zero-order valence-corrected chi connectivity index (χ0v) is 16.2. The number of hydrogen-bond donors (Lipinski definition) is 2. The molecule has 0 saturated heterocycles. The second-order valence-corrected chi connectivity index (χ2v) is 8.30. The molecule has 1 aromatic heterocycles. The highest BCUT2D eigenvalue weighted by molar-refractivity contribution is 7.16. The molecule has 0 atom stereocenters. The molecule has 0 unspecified atom stereocenters. The van der Waals surface area contributed by atoms with Crippen molar-refractivity contribution in [1.29, 1.82) is 0 Å². The van der Waals surface area contributed by atoms with Gasteiger partial charge in [0.15, 0.2) is 5.13 Å². The van der Waals surface area contributed by atoms with Crippen molar-refractivity contribution >= 4 is 28.3 Å². The van der Waals surface area contributed by atoms with Crippen molar-refractivity contribution in [2.24, 2.45) is 5.41 Å². The molecule has 0 fully saturated rings. The zero-order chi connectivity index (χ0) is 18.6. The first-order valence-corrected chi connectivity index (χ1v) is 9.11. The Morgan fingerprint density at radius 2 is 1.76 bits per heavy atom. The number of carbonyl (C=O) groups excluding carboxylic acids is 2. The minimum absolute atomic E-state index is 0.0629. The van der Waals surface area contributed by atoms with Crippen molar-refractivity contribution in [3.05, 3.63) is 34.7 Å². The third-order valence-electron chi connectivity index (χ3n) is 3.69. The molecule has 6 heteroatoms. The van der Waals surface area contributed by atoms with E-state index in [2.05, 4.69) is 15.6 Å². The van der Waals surface area contributed by atoms with Crippen molar-refractivity contribution in [1.82, 2.24) is 10.3 Å². The lowest BCUT2D eigenvalue weighted by Gasteiger charge is -2.17. The first-order chi connectivity index (χ1) is 11.7. The van der Waals surface area contributed by atoms with Gasteiger partial charge in [-0.3, -0.25) is 9.59 Å². The van der Waals surface area contributed by atoms with Gasteiger partial charge in [0.05, 0.1) is 5.69 Å². The predicted molar refractivity (Wildman–Crippen MR) is 103 cm³/mol. The predicted octanol–water partition coefficient (Wildman–Crippen LogP) is 3.92. The van der Waals surface area contributed by atoms with Gasteiger partial charge >= 0.3 is 0 Å². The van der Waals surface area contributed by atoms with Crippen molar-refractivity contribution < 1.29 is 9.59 Å². The fourth-order valence-corrected chi connectivity index (χ4v) is 3.02.